The number of aromatic nitrogens is 2. The molecule has 0 N–H and O–H groups in total. The molecule has 4 heteroatoms. The lowest BCUT2D eigenvalue weighted by Gasteiger charge is -1.95. The molecule has 1 aromatic carbocycles. The van der Waals surface area contributed by atoms with Crippen LogP contribution in [0.25, 0.3) is 11.4 Å². The van der Waals surface area contributed by atoms with Crippen LogP contribution < -0.4 is 0 Å². The molecule has 0 fully saturated rings. The molecular formula is C10H9ClN2O. The molecule has 72 valence electrons. The molecule has 2 aromatic rings. The van der Waals surface area contributed by atoms with Gasteiger partial charge in [0.1, 0.15) is 0 Å². The summed E-state index contributed by atoms with van der Waals surface area (Å²) in [6.07, 6.45) is 0.734. The monoisotopic (exact) mass is 208 g/mol. The molecule has 0 saturated carbocycles. The van der Waals surface area contributed by atoms with E-state index in [1.54, 1.807) is 6.07 Å². The molecule has 0 aliphatic carbocycles. The van der Waals surface area contributed by atoms with Crippen molar-refractivity contribution in [2.45, 2.75) is 13.3 Å². The molecule has 0 radical (unpaired) electrons. The van der Waals surface area contributed by atoms with Crippen molar-refractivity contribution in [1.29, 1.82) is 0 Å². The van der Waals surface area contributed by atoms with Crippen LogP contribution in [0.2, 0.25) is 5.02 Å². The molecule has 0 aliphatic heterocycles. The van der Waals surface area contributed by atoms with Crippen molar-refractivity contribution < 1.29 is 4.52 Å². The zero-order valence-corrected chi connectivity index (χ0v) is 8.45. The molecule has 0 bridgehead atoms. The van der Waals surface area contributed by atoms with Gasteiger partial charge in [-0.25, -0.2) is 0 Å². The number of halogens is 1. The summed E-state index contributed by atoms with van der Waals surface area (Å²) in [6, 6.07) is 7.43. The Morgan fingerprint density at radius 2 is 2.14 bits per heavy atom. The summed E-state index contributed by atoms with van der Waals surface area (Å²) in [5.74, 6) is 1.17. The van der Waals surface area contributed by atoms with Crippen LogP contribution in [-0.4, -0.2) is 10.1 Å². The van der Waals surface area contributed by atoms with Crippen LogP contribution in [0.4, 0.5) is 0 Å². The summed E-state index contributed by atoms with van der Waals surface area (Å²) in [7, 11) is 0. The first-order chi connectivity index (χ1) is 6.81. The molecule has 0 saturated heterocycles. The zero-order chi connectivity index (χ0) is 9.97. The summed E-state index contributed by atoms with van der Waals surface area (Å²) >= 11 is 5.99. The van der Waals surface area contributed by atoms with Crippen molar-refractivity contribution in [1.82, 2.24) is 10.1 Å². The van der Waals surface area contributed by atoms with Gasteiger partial charge in [0.2, 0.25) is 11.7 Å². The maximum Gasteiger partial charge on any atom is 0.226 e. The van der Waals surface area contributed by atoms with Gasteiger partial charge < -0.3 is 4.52 Å². The normalized spacial score (nSPS) is 10.4. The Balaban J connectivity index is 2.44. The Hall–Kier alpha value is -1.35. The highest BCUT2D eigenvalue weighted by atomic mass is 35.5. The fraction of sp³-hybridized carbons (Fsp3) is 0.200. The SMILES string of the molecule is CCc1nc(-c2ccccc2Cl)no1. The third-order valence-electron chi connectivity index (χ3n) is 1.89. The predicted octanol–water partition coefficient (Wildman–Crippen LogP) is 2.95. The van der Waals surface area contributed by atoms with Gasteiger partial charge in [-0.2, -0.15) is 4.98 Å². The van der Waals surface area contributed by atoms with Crippen LogP contribution >= 0.6 is 11.6 Å². The number of rotatable bonds is 2. The average Bonchev–Trinajstić information content (AvgIpc) is 2.67. The van der Waals surface area contributed by atoms with Crippen LogP contribution in [0.15, 0.2) is 28.8 Å². The quantitative estimate of drug-likeness (QED) is 0.762. The lowest BCUT2D eigenvalue weighted by molar-refractivity contribution is 0.383. The highest BCUT2D eigenvalue weighted by molar-refractivity contribution is 6.33. The predicted molar refractivity (Wildman–Crippen MR) is 54.1 cm³/mol. The number of benzene rings is 1. The third kappa shape index (κ3) is 1.63. The van der Waals surface area contributed by atoms with Crippen LogP contribution in [0.3, 0.4) is 0 Å². The van der Waals surface area contributed by atoms with E-state index in [0.717, 1.165) is 12.0 Å². The minimum atomic E-state index is 0.549. The molecule has 0 atom stereocenters. The molecule has 2 rings (SSSR count). The van der Waals surface area contributed by atoms with E-state index in [1.807, 2.05) is 25.1 Å². The molecule has 3 nitrogen and oxygen atoms in total. The molecule has 0 aliphatic rings. The highest BCUT2D eigenvalue weighted by Crippen LogP contribution is 2.24. The second kappa shape index (κ2) is 3.80. The second-order valence-electron chi connectivity index (χ2n) is 2.85. The molecule has 0 spiro atoms. The van der Waals surface area contributed by atoms with E-state index < -0.39 is 0 Å². The van der Waals surface area contributed by atoms with Crippen LogP contribution in [0, 0.1) is 0 Å². The molecule has 0 amide bonds. The van der Waals surface area contributed by atoms with Crippen molar-refractivity contribution in [2.24, 2.45) is 0 Å². The minimum Gasteiger partial charge on any atom is -0.339 e. The number of hydrogen-bond acceptors (Lipinski definition) is 3. The highest BCUT2D eigenvalue weighted by Gasteiger charge is 2.09. The smallest absolute Gasteiger partial charge is 0.226 e. The molecule has 0 unspecified atom stereocenters. The Bertz CT molecular complexity index is 439. The first-order valence-electron chi connectivity index (χ1n) is 4.38. The number of hydrogen-bond donors (Lipinski definition) is 0. The van der Waals surface area contributed by atoms with E-state index >= 15 is 0 Å². The van der Waals surface area contributed by atoms with Gasteiger partial charge in [-0.05, 0) is 12.1 Å². The van der Waals surface area contributed by atoms with Gasteiger partial charge in [0.05, 0.1) is 5.02 Å². The number of nitrogens with zero attached hydrogens (tertiary/aromatic N) is 2. The van der Waals surface area contributed by atoms with E-state index in [9.17, 15) is 0 Å². The molecule has 14 heavy (non-hydrogen) atoms. The van der Waals surface area contributed by atoms with Gasteiger partial charge in [-0.15, -0.1) is 0 Å². The van der Waals surface area contributed by atoms with Crippen LogP contribution in [-0.2, 0) is 6.42 Å². The third-order valence-corrected chi connectivity index (χ3v) is 2.21. The van der Waals surface area contributed by atoms with Crippen LogP contribution in [0.1, 0.15) is 12.8 Å². The fourth-order valence-corrected chi connectivity index (χ4v) is 1.37. The van der Waals surface area contributed by atoms with Crippen molar-refractivity contribution in [3.63, 3.8) is 0 Å². The lowest BCUT2D eigenvalue weighted by Crippen LogP contribution is -1.82. The number of aryl methyl sites for hydroxylation is 1. The van der Waals surface area contributed by atoms with Crippen molar-refractivity contribution in [3.05, 3.63) is 35.2 Å². The van der Waals surface area contributed by atoms with Gasteiger partial charge in [0.25, 0.3) is 0 Å². The summed E-state index contributed by atoms with van der Waals surface area (Å²) < 4.78 is 5.00. The first-order valence-corrected chi connectivity index (χ1v) is 4.76. The Kier molecular flexibility index (Phi) is 2.50. The van der Waals surface area contributed by atoms with E-state index in [1.165, 1.54) is 0 Å². The van der Waals surface area contributed by atoms with Gasteiger partial charge in [-0.3, -0.25) is 0 Å². The van der Waals surface area contributed by atoms with E-state index in [0.29, 0.717) is 16.7 Å². The van der Waals surface area contributed by atoms with Crippen molar-refractivity contribution in [3.8, 4) is 11.4 Å². The first kappa shape index (κ1) is 9.21. The summed E-state index contributed by atoms with van der Waals surface area (Å²) in [6.45, 7) is 1.96. The maximum absolute atomic E-state index is 5.99. The van der Waals surface area contributed by atoms with E-state index in [4.69, 9.17) is 16.1 Å². The van der Waals surface area contributed by atoms with Gasteiger partial charge in [0, 0.05) is 12.0 Å². The second-order valence-corrected chi connectivity index (χ2v) is 3.25. The molecule has 1 aromatic heterocycles. The van der Waals surface area contributed by atoms with E-state index in [-0.39, 0.29) is 0 Å². The molecule has 1 heterocycles. The topological polar surface area (TPSA) is 38.9 Å². The Morgan fingerprint density at radius 1 is 1.36 bits per heavy atom. The van der Waals surface area contributed by atoms with Crippen molar-refractivity contribution >= 4 is 11.6 Å². The Morgan fingerprint density at radius 3 is 2.79 bits per heavy atom. The largest absolute Gasteiger partial charge is 0.339 e. The summed E-state index contributed by atoms with van der Waals surface area (Å²) in [5.41, 5.74) is 0.803. The van der Waals surface area contributed by atoms with Gasteiger partial charge >= 0.3 is 0 Å². The fourth-order valence-electron chi connectivity index (χ4n) is 1.15. The zero-order valence-electron chi connectivity index (χ0n) is 7.70. The van der Waals surface area contributed by atoms with Gasteiger partial charge in [0.15, 0.2) is 0 Å². The standard InChI is InChI=1S/C10H9ClN2O/c1-2-9-12-10(13-14-9)7-5-3-4-6-8(7)11/h3-6H,2H2,1H3. The summed E-state index contributed by atoms with van der Waals surface area (Å²) in [4.78, 5) is 4.20. The lowest BCUT2D eigenvalue weighted by atomic mass is 10.2. The average molecular weight is 209 g/mol. The van der Waals surface area contributed by atoms with Crippen LogP contribution in [0.5, 0.6) is 0 Å². The van der Waals surface area contributed by atoms with Crippen molar-refractivity contribution in [2.75, 3.05) is 0 Å². The van der Waals surface area contributed by atoms with E-state index in [2.05, 4.69) is 10.1 Å². The summed E-state index contributed by atoms with van der Waals surface area (Å²) in [5, 5.41) is 4.48. The Labute approximate surface area is 86.7 Å². The maximum atomic E-state index is 5.99. The minimum absolute atomic E-state index is 0.549. The molecular weight excluding hydrogens is 200 g/mol. The van der Waals surface area contributed by atoms with Gasteiger partial charge in [-0.1, -0.05) is 35.8 Å².